The molecule has 0 aromatic heterocycles. The Kier molecular flexibility index (Phi) is 3.76. The van der Waals surface area contributed by atoms with Crippen LogP contribution in [0.4, 0.5) is 5.69 Å². The second-order valence-electron chi connectivity index (χ2n) is 4.29. The minimum absolute atomic E-state index is 0.0250. The number of ether oxygens (including phenoxy) is 1. The third-order valence-electron chi connectivity index (χ3n) is 2.93. The van der Waals surface area contributed by atoms with Crippen LogP contribution in [0.25, 0.3) is 0 Å². The van der Waals surface area contributed by atoms with Crippen molar-refractivity contribution >= 4 is 11.6 Å². The van der Waals surface area contributed by atoms with Crippen LogP contribution >= 0.6 is 0 Å². The molecule has 1 aliphatic heterocycles. The topological polar surface area (TPSA) is 49.8 Å². The highest BCUT2D eigenvalue weighted by Crippen LogP contribution is 2.20. The van der Waals surface area contributed by atoms with Crippen LogP contribution in [0.2, 0.25) is 0 Å². The number of rotatable bonds is 3. The smallest absolute Gasteiger partial charge is 0.253 e. The predicted octanol–water partition coefficient (Wildman–Crippen LogP) is 1.11. The zero-order valence-corrected chi connectivity index (χ0v) is 9.93. The highest BCUT2D eigenvalue weighted by atomic mass is 16.5. The Bertz CT molecular complexity index is 388. The number of benzene rings is 1. The quantitative estimate of drug-likeness (QED) is 0.853. The lowest BCUT2D eigenvalue weighted by atomic mass is 10.1. The number of aryl methyl sites for hydroxylation is 1. The highest BCUT2D eigenvalue weighted by Gasteiger charge is 2.26. The van der Waals surface area contributed by atoms with Gasteiger partial charge in [0, 0.05) is 12.3 Å². The lowest BCUT2D eigenvalue weighted by Crippen LogP contribution is -2.47. The van der Waals surface area contributed by atoms with Crippen molar-refractivity contribution in [2.24, 2.45) is 0 Å². The summed E-state index contributed by atoms with van der Waals surface area (Å²) in [6.45, 7) is 2.71. The van der Waals surface area contributed by atoms with Gasteiger partial charge in [0.05, 0.1) is 12.6 Å². The van der Waals surface area contributed by atoms with Gasteiger partial charge >= 0.3 is 0 Å². The van der Waals surface area contributed by atoms with Crippen LogP contribution in [0.3, 0.4) is 0 Å². The van der Waals surface area contributed by atoms with Crippen LogP contribution in [0.5, 0.6) is 0 Å². The molecule has 0 aliphatic carbocycles. The van der Waals surface area contributed by atoms with Crippen LogP contribution in [0.1, 0.15) is 12.0 Å². The lowest BCUT2D eigenvalue weighted by Gasteiger charge is -2.32. The fourth-order valence-electron chi connectivity index (χ4n) is 1.92. The molecule has 1 heterocycles. The van der Waals surface area contributed by atoms with E-state index in [0.29, 0.717) is 13.0 Å². The number of nitrogens with zero attached hydrogens (tertiary/aromatic N) is 1. The first-order valence-electron chi connectivity index (χ1n) is 5.80. The van der Waals surface area contributed by atoms with Gasteiger partial charge < -0.3 is 14.7 Å². The molecule has 1 amide bonds. The van der Waals surface area contributed by atoms with Gasteiger partial charge in [0.2, 0.25) is 0 Å². The standard InChI is InChI=1S/C13H17NO3/c1-10-2-4-11(5-3-10)14-8-12(6-7-15)17-9-13(14)16/h2-5,12,15H,6-9H2,1H3. The average Bonchev–Trinajstić information content (AvgIpc) is 2.33. The number of hydrogen-bond donors (Lipinski definition) is 1. The molecule has 0 spiro atoms. The molecule has 1 aromatic carbocycles. The third kappa shape index (κ3) is 2.84. The molecular weight excluding hydrogens is 218 g/mol. The van der Waals surface area contributed by atoms with Gasteiger partial charge in [0.25, 0.3) is 5.91 Å². The van der Waals surface area contributed by atoms with Gasteiger partial charge in [0.1, 0.15) is 6.61 Å². The summed E-state index contributed by atoms with van der Waals surface area (Å²) in [4.78, 5) is 13.5. The Balaban J connectivity index is 2.12. The first kappa shape index (κ1) is 12.1. The van der Waals surface area contributed by atoms with Gasteiger partial charge in [-0.1, -0.05) is 17.7 Å². The molecule has 0 saturated carbocycles. The molecule has 2 rings (SSSR count). The molecule has 1 aliphatic rings. The van der Waals surface area contributed by atoms with Crippen molar-refractivity contribution in [1.82, 2.24) is 0 Å². The summed E-state index contributed by atoms with van der Waals surface area (Å²) in [5.41, 5.74) is 2.06. The zero-order chi connectivity index (χ0) is 12.3. The van der Waals surface area contributed by atoms with Crippen molar-refractivity contribution in [1.29, 1.82) is 0 Å². The fraction of sp³-hybridized carbons (Fsp3) is 0.462. The predicted molar refractivity (Wildman–Crippen MR) is 65.0 cm³/mol. The monoisotopic (exact) mass is 235 g/mol. The van der Waals surface area contributed by atoms with Gasteiger partial charge in [-0.3, -0.25) is 4.79 Å². The van der Waals surface area contributed by atoms with Gasteiger partial charge in [-0.25, -0.2) is 0 Å². The van der Waals surface area contributed by atoms with Crippen molar-refractivity contribution in [2.45, 2.75) is 19.4 Å². The van der Waals surface area contributed by atoms with Crippen molar-refractivity contribution in [3.63, 3.8) is 0 Å². The van der Waals surface area contributed by atoms with Crippen molar-refractivity contribution in [3.05, 3.63) is 29.8 Å². The van der Waals surface area contributed by atoms with Crippen LogP contribution in [0, 0.1) is 6.92 Å². The maximum Gasteiger partial charge on any atom is 0.253 e. The second-order valence-corrected chi connectivity index (χ2v) is 4.29. The highest BCUT2D eigenvalue weighted by molar-refractivity contribution is 5.94. The van der Waals surface area contributed by atoms with E-state index in [0.717, 1.165) is 5.69 Å². The van der Waals surface area contributed by atoms with E-state index in [-0.39, 0.29) is 25.2 Å². The van der Waals surface area contributed by atoms with Gasteiger partial charge in [-0.15, -0.1) is 0 Å². The van der Waals surface area contributed by atoms with Crippen LogP contribution in [-0.2, 0) is 9.53 Å². The molecule has 1 N–H and O–H groups in total. The van der Waals surface area contributed by atoms with Crippen LogP contribution in [-0.4, -0.2) is 36.9 Å². The van der Waals surface area contributed by atoms with Crippen molar-refractivity contribution in [2.75, 3.05) is 24.7 Å². The van der Waals surface area contributed by atoms with E-state index in [2.05, 4.69) is 0 Å². The molecule has 1 aromatic rings. The Morgan fingerprint density at radius 1 is 1.41 bits per heavy atom. The minimum Gasteiger partial charge on any atom is -0.396 e. The number of aliphatic hydroxyl groups is 1. The third-order valence-corrected chi connectivity index (χ3v) is 2.93. The molecule has 1 atom stereocenters. The molecule has 17 heavy (non-hydrogen) atoms. The Morgan fingerprint density at radius 3 is 2.76 bits per heavy atom. The normalized spacial score (nSPS) is 20.7. The summed E-state index contributed by atoms with van der Waals surface area (Å²) < 4.78 is 5.35. The summed E-state index contributed by atoms with van der Waals surface area (Å²) >= 11 is 0. The molecule has 92 valence electrons. The number of anilines is 1. The summed E-state index contributed by atoms with van der Waals surface area (Å²) in [7, 11) is 0. The first-order valence-corrected chi connectivity index (χ1v) is 5.80. The summed E-state index contributed by atoms with van der Waals surface area (Å²) in [5, 5.41) is 8.89. The fourth-order valence-corrected chi connectivity index (χ4v) is 1.92. The maximum absolute atomic E-state index is 11.8. The molecular formula is C13H17NO3. The maximum atomic E-state index is 11.8. The largest absolute Gasteiger partial charge is 0.396 e. The molecule has 1 unspecified atom stereocenters. The SMILES string of the molecule is Cc1ccc(N2CC(CCO)OCC2=O)cc1. The van der Waals surface area contributed by atoms with E-state index in [1.54, 1.807) is 4.90 Å². The Labute approximate surface area is 101 Å². The number of carbonyl (C=O) groups is 1. The van der Waals surface area contributed by atoms with Crippen LogP contribution < -0.4 is 4.90 Å². The molecule has 4 heteroatoms. The van der Waals surface area contributed by atoms with E-state index in [1.165, 1.54) is 5.56 Å². The van der Waals surface area contributed by atoms with E-state index in [1.807, 2.05) is 31.2 Å². The van der Waals surface area contributed by atoms with Crippen molar-refractivity contribution in [3.8, 4) is 0 Å². The molecule has 1 saturated heterocycles. The summed E-state index contributed by atoms with van der Waals surface area (Å²) in [6, 6.07) is 7.85. The summed E-state index contributed by atoms with van der Waals surface area (Å²) in [5.74, 6) is -0.0250. The minimum atomic E-state index is -0.0704. The average molecular weight is 235 g/mol. The van der Waals surface area contributed by atoms with E-state index >= 15 is 0 Å². The van der Waals surface area contributed by atoms with E-state index in [9.17, 15) is 4.79 Å². The lowest BCUT2D eigenvalue weighted by molar-refractivity contribution is -0.129. The van der Waals surface area contributed by atoms with Gasteiger partial charge in [-0.05, 0) is 25.5 Å². The number of amides is 1. The van der Waals surface area contributed by atoms with Gasteiger partial charge in [0.15, 0.2) is 0 Å². The molecule has 1 fully saturated rings. The summed E-state index contributed by atoms with van der Waals surface area (Å²) in [6.07, 6.45) is 0.495. The van der Waals surface area contributed by atoms with Crippen molar-refractivity contribution < 1.29 is 14.6 Å². The van der Waals surface area contributed by atoms with Gasteiger partial charge in [-0.2, -0.15) is 0 Å². The van der Waals surface area contributed by atoms with E-state index in [4.69, 9.17) is 9.84 Å². The Morgan fingerprint density at radius 2 is 2.12 bits per heavy atom. The van der Waals surface area contributed by atoms with E-state index < -0.39 is 0 Å². The molecule has 4 nitrogen and oxygen atoms in total. The van der Waals surface area contributed by atoms with Crippen LogP contribution in [0.15, 0.2) is 24.3 Å². The molecule has 0 bridgehead atoms. The number of morpholine rings is 1. The number of hydrogen-bond acceptors (Lipinski definition) is 3. The first-order chi connectivity index (χ1) is 8.20. The zero-order valence-electron chi connectivity index (χ0n) is 9.93. The number of carbonyl (C=O) groups excluding carboxylic acids is 1. The number of aliphatic hydroxyl groups excluding tert-OH is 1. The molecule has 0 radical (unpaired) electrons. The second kappa shape index (κ2) is 5.29. The Hall–Kier alpha value is -1.39.